The first-order valence-corrected chi connectivity index (χ1v) is 7.15. The Morgan fingerprint density at radius 3 is 2.67 bits per heavy atom. The molecule has 0 fully saturated rings. The molecule has 0 aromatic rings. The van der Waals surface area contributed by atoms with Gasteiger partial charge in [0.25, 0.3) is 0 Å². The average molecular weight is 253 g/mol. The lowest BCUT2D eigenvalue weighted by atomic mass is 9.94. The fraction of sp³-hybridized carbons (Fsp3) is 0.786. The van der Waals surface area contributed by atoms with Gasteiger partial charge >= 0.3 is 6.03 Å². The fourth-order valence-electron chi connectivity index (χ4n) is 2.21. The van der Waals surface area contributed by atoms with Gasteiger partial charge < -0.3 is 15.5 Å². The molecule has 0 radical (unpaired) electrons. The van der Waals surface area contributed by atoms with Crippen molar-refractivity contribution in [3.05, 3.63) is 12.2 Å². The van der Waals surface area contributed by atoms with Crippen LogP contribution < -0.4 is 10.6 Å². The predicted molar refractivity (Wildman–Crippen MR) is 75.7 cm³/mol. The van der Waals surface area contributed by atoms with Gasteiger partial charge in [0.15, 0.2) is 0 Å². The van der Waals surface area contributed by atoms with Gasteiger partial charge in [-0.3, -0.25) is 0 Å². The number of hydrogen-bond donors (Lipinski definition) is 2. The molecule has 0 aromatic heterocycles. The molecule has 0 saturated carbocycles. The van der Waals surface area contributed by atoms with Crippen LogP contribution in [0.15, 0.2) is 12.2 Å². The number of urea groups is 1. The van der Waals surface area contributed by atoms with Crippen LogP contribution in [0.25, 0.3) is 0 Å². The maximum atomic E-state index is 11.6. The minimum Gasteiger partial charge on any atom is -0.338 e. The number of amides is 2. The molecule has 0 aliphatic heterocycles. The number of likely N-dealkylation sites (N-methyl/N-ethyl adjacent to an activating group) is 1. The monoisotopic (exact) mass is 253 g/mol. The topological polar surface area (TPSA) is 44.4 Å². The second kappa shape index (κ2) is 8.97. The van der Waals surface area contributed by atoms with Crippen molar-refractivity contribution in [3.8, 4) is 0 Å². The van der Waals surface area contributed by atoms with Crippen molar-refractivity contribution in [2.24, 2.45) is 5.92 Å². The van der Waals surface area contributed by atoms with Gasteiger partial charge in [0.05, 0.1) is 0 Å². The van der Waals surface area contributed by atoms with E-state index >= 15 is 0 Å². The number of hydrogen-bond acceptors (Lipinski definition) is 2. The van der Waals surface area contributed by atoms with Crippen molar-refractivity contribution >= 4 is 6.03 Å². The van der Waals surface area contributed by atoms with E-state index in [-0.39, 0.29) is 6.03 Å². The molecule has 1 unspecified atom stereocenters. The van der Waals surface area contributed by atoms with Gasteiger partial charge in [-0.2, -0.15) is 0 Å². The van der Waals surface area contributed by atoms with Gasteiger partial charge in [-0.25, -0.2) is 4.79 Å². The third-order valence-corrected chi connectivity index (χ3v) is 3.54. The van der Waals surface area contributed by atoms with Crippen LogP contribution in [0, 0.1) is 5.92 Å². The highest BCUT2D eigenvalue weighted by Gasteiger charge is 2.10. The van der Waals surface area contributed by atoms with Crippen LogP contribution in [-0.4, -0.2) is 43.7 Å². The van der Waals surface area contributed by atoms with E-state index in [4.69, 9.17) is 0 Å². The summed E-state index contributed by atoms with van der Waals surface area (Å²) in [5, 5.41) is 5.87. The van der Waals surface area contributed by atoms with Crippen molar-refractivity contribution in [2.45, 2.75) is 33.1 Å². The molecule has 0 heterocycles. The molecule has 4 nitrogen and oxygen atoms in total. The highest BCUT2D eigenvalue weighted by atomic mass is 16.2. The molecule has 0 aromatic carbocycles. The summed E-state index contributed by atoms with van der Waals surface area (Å²) >= 11 is 0. The second-order valence-electron chi connectivity index (χ2n) is 4.81. The SMILES string of the molecule is CCN(CC)CCNC(=O)NCC1CC=CCC1. The molecule has 0 bridgehead atoms. The Hall–Kier alpha value is -1.03. The molecule has 2 amide bonds. The first-order chi connectivity index (χ1) is 8.76. The van der Waals surface area contributed by atoms with Gasteiger partial charge in [0.1, 0.15) is 0 Å². The summed E-state index contributed by atoms with van der Waals surface area (Å²) in [5.74, 6) is 0.614. The fourth-order valence-corrected chi connectivity index (χ4v) is 2.21. The van der Waals surface area contributed by atoms with E-state index in [1.165, 1.54) is 6.42 Å². The third kappa shape index (κ3) is 6.05. The Labute approximate surface area is 111 Å². The lowest BCUT2D eigenvalue weighted by Gasteiger charge is -2.20. The van der Waals surface area contributed by atoms with Gasteiger partial charge in [-0.05, 0) is 38.3 Å². The van der Waals surface area contributed by atoms with Crippen LogP contribution in [0.3, 0.4) is 0 Å². The third-order valence-electron chi connectivity index (χ3n) is 3.54. The van der Waals surface area contributed by atoms with E-state index < -0.39 is 0 Å². The van der Waals surface area contributed by atoms with Crippen LogP contribution in [0.1, 0.15) is 33.1 Å². The molecule has 2 N–H and O–H groups in total. The van der Waals surface area contributed by atoms with E-state index in [0.717, 1.165) is 45.6 Å². The average Bonchev–Trinajstić information content (AvgIpc) is 2.42. The summed E-state index contributed by atoms with van der Waals surface area (Å²) in [6, 6.07) is -0.0308. The molecule has 104 valence electrons. The van der Waals surface area contributed by atoms with Gasteiger partial charge in [0, 0.05) is 19.6 Å². The molecule has 1 atom stereocenters. The van der Waals surface area contributed by atoms with Crippen LogP contribution >= 0.6 is 0 Å². The minimum absolute atomic E-state index is 0.0308. The van der Waals surface area contributed by atoms with Gasteiger partial charge in [-0.1, -0.05) is 26.0 Å². The minimum atomic E-state index is -0.0308. The zero-order valence-electron chi connectivity index (χ0n) is 11.7. The predicted octanol–water partition coefficient (Wildman–Crippen LogP) is 1.98. The van der Waals surface area contributed by atoms with Crippen molar-refractivity contribution in [3.63, 3.8) is 0 Å². The Kier molecular flexibility index (Phi) is 7.49. The van der Waals surface area contributed by atoms with E-state index in [2.05, 4.69) is 41.5 Å². The zero-order valence-corrected chi connectivity index (χ0v) is 11.7. The molecular weight excluding hydrogens is 226 g/mol. The molecule has 1 aliphatic carbocycles. The van der Waals surface area contributed by atoms with Crippen LogP contribution in [0.5, 0.6) is 0 Å². The first-order valence-electron chi connectivity index (χ1n) is 7.15. The molecular formula is C14H27N3O. The Bertz CT molecular complexity index is 262. The van der Waals surface area contributed by atoms with Crippen LogP contribution in [0.4, 0.5) is 4.79 Å². The summed E-state index contributed by atoms with van der Waals surface area (Å²) in [6.45, 7) is 8.79. The Morgan fingerprint density at radius 1 is 1.28 bits per heavy atom. The quantitative estimate of drug-likeness (QED) is 0.681. The zero-order chi connectivity index (χ0) is 13.2. The number of nitrogens with one attached hydrogen (secondary N) is 2. The molecule has 4 heteroatoms. The van der Waals surface area contributed by atoms with Crippen molar-refractivity contribution in [1.82, 2.24) is 15.5 Å². The molecule has 0 saturated heterocycles. The highest BCUT2D eigenvalue weighted by molar-refractivity contribution is 5.73. The number of allylic oxidation sites excluding steroid dienone is 2. The van der Waals surface area contributed by atoms with Crippen molar-refractivity contribution < 1.29 is 4.79 Å². The maximum Gasteiger partial charge on any atom is 0.314 e. The van der Waals surface area contributed by atoms with Gasteiger partial charge in [-0.15, -0.1) is 0 Å². The van der Waals surface area contributed by atoms with Crippen molar-refractivity contribution in [2.75, 3.05) is 32.7 Å². The summed E-state index contributed by atoms with van der Waals surface area (Å²) in [7, 11) is 0. The first kappa shape index (κ1) is 15.0. The normalized spacial score (nSPS) is 18.9. The number of carbonyl (C=O) groups is 1. The number of carbonyl (C=O) groups excluding carboxylic acids is 1. The van der Waals surface area contributed by atoms with E-state index in [0.29, 0.717) is 5.92 Å². The lowest BCUT2D eigenvalue weighted by Crippen LogP contribution is -2.42. The second-order valence-corrected chi connectivity index (χ2v) is 4.81. The largest absolute Gasteiger partial charge is 0.338 e. The molecule has 1 rings (SSSR count). The summed E-state index contributed by atoms with van der Waals surface area (Å²) < 4.78 is 0. The number of rotatable bonds is 7. The van der Waals surface area contributed by atoms with Crippen LogP contribution in [0.2, 0.25) is 0 Å². The summed E-state index contributed by atoms with van der Waals surface area (Å²) in [4.78, 5) is 13.9. The van der Waals surface area contributed by atoms with Crippen molar-refractivity contribution in [1.29, 1.82) is 0 Å². The molecule has 18 heavy (non-hydrogen) atoms. The van der Waals surface area contributed by atoms with Gasteiger partial charge in [0.2, 0.25) is 0 Å². The Balaban J connectivity index is 2.04. The van der Waals surface area contributed by atoms with E-state index in [9.17, 15) is 4.79 Å². The standard InChI is InChI=1S/C14H27N3O/c1-3-17(4-2)11-10-15-14(18)16-12-13-8-6-5-7-9-13/h5-6,13H,3-4,7-12H2,1-2H3,(H2,15,16,18). The molecule has 0 spiro atoms. The smallest absolute Gasteiger partial charge is 0.314 e. The summed E-state index contributed by atoms with van der Waals surface area (Å²) in [6.07, 6.45) is 7.88. The lowest BCUT2D eigenvalue weighted by molar-refractivity contribution is 0.234. The van der Waals surface area contributed by atoms with Crippen LogP contribution in [-0.2, 0) is 0 Å². The summed E-state index contributed by atoms with van der Waals surface area (Å²) in [5.41, 5.74) is 0. The van der Waals surface area contributed by atoms with E-state index in [1.807, 2.05) is 0 Å². The highest BCUT2D eigenvalue weighted by Crippen LogP contribution is 2.16. The Morgan fingerprint density at radius 2 is 2.06 bits per heavy atom. The van der Waals surface area contributed by atoms with E-state index in [1.54, 1.807) is 0 Å². The maximum absolute atomic E-state index is 11.6. The molecule has 1 aliphatic rings. The number of nitrogens with zero attached hydrogens (tertiary/aromatic N) is 1.